The molecule has 0 atom stereocenters. The maximum atomic E-state index is 2.56. The summed E-state index contributed by atoms with van der Waals surface area (Å²) in [4.78, 5) is 2.48. The van der Waals surface area contributed by atoms with Gasteiger partial charge in [-0.25, -0.2) is 0 Å². The molecule has 0 unspecified atom stereocenters. The maximum absolute atomic E-state index is 2.56. The Morgan fingerprint density at radius 2 is 1.02 bits per heavy atom. The monoisotopic (exact) mass is 645 g/mol. The van der Waals surface area contributed by atoms with Gasteiger partial charge in [0.15, 0.2) is 0 Å². The molecule has 50 heavy (non-hydrogen) atoms. The van der Waals surface area contributed by atoms with Crippen LogP contribution in [0.25, 0.3) is 33.4 Å². The summed E-state index contributed by atoms with van der Waals surface area (Å²) in [6, 6.07) is 53.1. The highest BCUT2D eigenvalue weighted by Gasteiger charge is 2.61. The Balaban J connectivity index is 1.08. The highest BCUT2D eigenvalue weighted by atomic mass is 15.1. The number of para-hydroxylation sites is 2. The van der Waals surface area contributed by atoms with Gasteiger partial charge in [-0.3, -0.25) is 0 Å². The molecule has 0 aliphatic heterocycles. The van der Waals surface area contributed by atoms with Crippen LogP contribution in [0.1, 0.15) is 68.2 Å². The van der Waals surface area contributed by atoms with E-state index in [1.807, 2.05) is 0 Å². The molecule has 0 radical (unpaired) electrons. The quantitative estimate of drug-likeness (QED) is 0.184. The van der Waals surface area contributed by atoms with Gasteiger partial charge in [0.05, 0.1) is 5.69 Å². The Hall–Kier alpha value is -4.88. The van der Waals surface area contributed by atoms with E-state index >= 15 is 0 Å². The van der Waals surface area contributed by atoms with Gasteiger partial charge >= 0.3 is 0 Å². The number of benzene rings is 6. The van der Waals surface area contributed by atoms with E-state index in [1.165, 1.54) is 93.7 Å². The van der Waals surface area contributed by atoms with E-state index in [-0.39, 0.29) is 10.8 Å². The van der Waals surface area contributed by atoms with Gasteiger partial charge in [-0.2, -0.15) is 0 Å². The van der Waals surface area contributed by atoms with Crippen LogP contribution >= 0.6 is 0 Å². The highest BCUT2D eigenvalue weighted by Crippen LogP contribution is 2.69. The minimum Gasteiger partial charge on any atom is -0.310 e. The largest absolute Gasteiger partial charge is 0.310 e. The van der Waals surface area contributed by atoms with Crippen LogP contribution in [0.2, 0.25) is 0 Å². The summed E-state index contributed by atoms with van der Waals surface area (Å²) in [5, 5.41) is 0. The molecule has 4 saturated carbocycles. The lowest BCUT2D eigenvalue weighted by molar-refractivity contribution is -0.0399. The van der Waals surface area contributed by atoms with Crippen LogP contribution in [-0.2, 0) is 10.8 Å². The molecule has 244 valence electrons. The molecular weight excluding hydrogens is 603 g/mol. The Morgan fingerprint density at radius 3 is 1.76 bits per heavy atom. The third kappa shape index (κ3) is 3.79. The number of fused-ring (bicyclic) bond motifs is 6. The fraction of sp³-hybridized carbons (Fsp3) is 0.265. The number of hydrogen-bond donors (Lipinski definition) is 0. The van der Waals surface area contributed by atoms with Gasteiger partial charge in [0.2, 0.25) is 0 Å². The van der Waals surface area contributed by atoms with Crippen molar-refractivity contribution in [3.63, 3.8) is 0 Å². The maximum Gasteiger partial charge on any atom is 0.0540 e. The van der Waals surface area contributed by atoms with E-state index in [9.17, 15) is 0 Å². The van der Waals surface area contributed by atoms with Crippen molar-refractivity contribution in [3.8, 4) is 33.4 Å². The lowest BCUT2D eigenvalue weighted by Gasteiger charge is -2.61. The van der Waals surface area contributed by atoms with E-state index in [2.05, 4.69) is 158 Å². The molecular formula is C49H43N. The van der Waals surface area contributed by atoms with Crippen LogP contribution < -0.4 is 4.90 Å². The van der Waals surface area contributed by atoms with Gasteiger partial charge in [0.1, 0.15) is 0 Å². The first-order chi connectivity index (χ1) is 24.5. The van der Waals surface area contributed by atoms with Gasteiger partial charge in [0.25, 0.3) is 0 Å². The summed E-state index contributed by atoms with van der Waals surface area (Å²) in [5.41, 5.74) is 18.0. The van der Waals surface area contributed by atoms with Crippen LogP contribution in [0.5, 0.6) is 0 Å². The van der Waals surface area contributed by atoms with E-state index in [1.54, 1.807) is 11.1 Å². The Labute approximate surface area is 296 Å². The summed E-state index contributed by atoms with van der Waals surface area (Å²) in [6.07, 6.45) is 7.15. The molecule has 6 aliphatic carbocycles. The lowest BCUT2D eigenvalue weighted by Crippen LogP contribution is -2.55. The molecule has 1 heteroatoms. The first-order valence-electron chi connectivity index (χ1n) is 18.9. The Kier molecular flexibility index (Phi) is 5.97. The summed E-state index contributed by atoms with van der Waals surface area (Å²) in [5.74, 6) is 3.47. The van der Waals surface area contributed by atoms with E-state index in [4.69, 9.17) is 0 Å². The minimum absolute atomic E-state index is 0.0644. The van der Waals surface area contributed by atoms with Crippen molar-refractivity contribution in [1.29, 1.82) is 0 Å². The Bertz CT molecular complexity index is 2300. The zero-order valence-corrected chi connectivity index (χ0v) is 29.1. The molecule has 6 aromatic carbocycles. The van der Waals surface area contributed by atoms with Crippen LogP contribution in [0.15, 0.2) is 140 Å². The normalized spacial score (nSPS) is 25.6. The molecule has 0 amide bonds. The van der Waals surface area contributed by atoms with Crippen molar-refractivity contribution in [2.45, 2.75) is 56.8 Å². The number of anilines is 3. The SMILES string of the molecule is CC1(C)c2ccccc2-c2ccc(N(c3ccccc3)c3ccccc3-c3ccc4c(c3)-c3ccccc3C43C4CC5CC(C4)CC3C5)cc21. The van der Waals surface area contributed by atoms with Crippen LogP contribution in [0, 0.1) is 23.7 Å². The second kappa shape index (κ2) is 10.3. The molecule has 4 fully saturated rings. The number of rotatable bonds is 4. The van der Waals surface area contributed by atoms with E-state index in [0.717, 1.165) is 23.7 Å². The summed E-state index contributed by atoms with van der Waals surface area (Å²) in [6.45, 7) is 4.75. The Morgan fingerprint density at radius 1 is 0.440 bits per heavy atom. The summed E-state index contributed by atoms with van der Waals surface area (Å²) >= 11 is 0. The van der Waals surface area contributed by atoms with E-state index in [0.29, 0.717) is 0 Å². The van der Waals surface area contributed by atoms with Crippen molar-refractivity contribution in [2.24, 2.45) is 23.7 Å². The van der Waals surface area contributed by atoms with Crippen molar-refractivity contribution < 1.29 is 0 Å². The van der Waals surface area contributed by atoms with E-state index < -0.39 is 0 Å². The molecule has 0 N–H and O–H groups in total. The van der Waals surface area contributed by atoms with Crippen molar-refractivity contribution >= 4 is 17.1 Å². The molecule has 0 heterocycles. The van der Waals surface area contributed by atoms with Crippen molar-refractivity contribution in [1.82, 2.24) is 0 Å². The second-order valence-corrected chi connectivity index (χ2v) is 16.6. The first-order valence-corrected chi connectivity index (χ1v) is 18.9. The highest BCUT2D eigenvalue weighted by molar-refractivity contribution is 5.93. The molecule has 0 saturated heterocycles. The minimum atomic E-state index is -0.0644. The average Bonchev–Trinajstić information content (AvgIpc) is 3.57. The summed E-state index contributed by atoms with van der Waals surface area (Å²) < 4.78 is 0. The number of nitrogens with zero attached hydrogens (tertiary/aromatic N) is 1. The predicted molar refractivity (Wildman–Crippen MR) is 207 cm³/mol. The first kappa shape index (κ1) is 28.9. The fourth-order valence-electron chi connectivity index (χ4n) is 12.1. The summed E-state index contributed by atoms with van der Waals surface area (Å²) in [7, 11) is 0. The van der Waals surface area contributed by atoms with Crippen LogP contribution in [0.3, 0.4) is 0 Å². The molecule has 4 bridgehead atoms. The third-order valence-electron chi connectivity index (χ3n) is 13.8. The third-order valence-corrected chi connectivity index (χ3v) is 13.8. The molecule has 1 spiro atoms. The molecule has 6 aromatic rings. The molecule has 12 rings (SSSR count). The van der Waals surface area contributed by atoms with Gasteiger partial charge in [-0.15, -0.1) is 0 Å². The zero-order valence-electron chi connectivity index (χ0n) is 29.1. The number of hydrogen-bond acceptors (Lipinski definition) is 1. The molecule has 1 nitrogen and oxygen atoms in total. The standard InChI is InChI=1S/C49H43N/c1-48(2)43-17-9-6-15-39(43)41-22-21-37(30-46(41)48)50(36-12-4-3-5-13-36)47-19-11-8-14-38(47)33-20-23-45-42(29-33)40-16-7-10-18-44(40)49(45)34-25-31-24-32(27-34)28-35(49)26-31/h3-23,29-32,34-35H,24-28H2,1-2H3. The van der Waals surface area contributed by atoms with Crippen LogP contribution in [0.4, 0.5) is 17.1 Å². The second-order valence-electron chi connectivity index (χ2n) is 16.6. The average molecular weight is 646 g/mol. The van der Waals surface area contributed by atoms with Gasteiger partial charge in [-0.05, 0) is 142 Å². The predicted octanol–water partition coefficient (Wildman–Crippen LogP) is 12.9. The lowest BCUT2D eigenvalue weighted by atomic mass is 9.43. The zero-order chi connectivity index (χ0) is 33.2. The van der Waals surface area contributed by atoms with Crippen LogP contribution in [-0.4, -0.2) is 0 Å². The molecule has 6 aliphatic rings. The van der Waals surface area contributed by atoms with Crippen molar-refractivity contribution in [3.05, 3.63) is 162 Å². The fourth-order valence-corrected chi connectivity index (χ4v) is 12.1. The smallest absolute Gasteiger partial charge is 0.0540 e. The van der Waals surface area contributed by atoms with Gasteiger partial charge < -0.3 is 4.90 Å². The topological polar surface area (TPSA) is 3.24 Å². The van der Waals surface area contributed by atoms with Crippen molar-refractivity contribution in [2.75, 3.05) is 4.90 Å². The van der Waals surface area contributed by atoms with Gasteiger partial charge in [0, 0.05) is 27.8 Å². The van der Waals surface area contributed by atoms with Gasteiger partial charge in [-0.1, -0.05) is 117 Å². The molecule has 0 aromatic heterocycles.